The monoisotopic (exact) mass is 355 g/mol. The summed E-state index contributed by atoms with van der Waals surface area (Å²) in [4.78, 5) is 25.7. The van der Waals surface area contributed by atoms with Gasteiger partial charge in [0.2, 0.25) is 11.8 Å². The van der Waals surface area contributed by atoms with Gasteiger partial charge in [-0.2, -0.15) is 0 Å². The molecule has 6 heteroatoms. The molecule has 2 rings (SSSR count). The Hall–Kier alpha value is -3.02. The first-order valence-corrected chi connectivity index (χ1v) is 8.55. The molecule has 0 saturated heterocycles. The maximum atomic E-state index is 12.3. The highest BCUT2D eigenvalue weighted by atomic mass is 16.5. The summed E-state index contributed by atoms with van der Waals surface area (Å²) < 4.78 is 5.52. The number of hydrogen-bond donors (Lipinski definition) is 2. The van der Waals surface area contributed by atoms with Crippen molar-refractivity contribution in [2.45, 2.75) is 13.8 Å². The first-order valence-electron chi connectivity index (χ1n) is 8.55. The van der Waals surface area contributed by atoms with Crippen LogP contribution in [-0.4, -0.2) is 43.5 Å². The van der Waals surface area contributed by atoms with Crippen LogP contribution in [0.15, 0.2) is 48.5 Å². The predicted octanol–water partition coefficient (Wildman–Crippen LogP) is 2.90. The van der Waals surface area contributed by atoms with E-state index in [1.54, 1.807) is 7.05 Å². The second-order valence-electron chi connectivity index (χ2n) is 5.95. The fourth-order valence-corrected chi connectivity index (χ4v) is 2.34. The molecule has 26 heavy (non-hydrogen) atoms. The first-order chi connectivity index (χ1) is 12.5. The van der Waals surface area contributed by atoms with Crippen molar-refractivity contribution in [1.82, 2.24) is 4.90 Å². The molecule has 0 atom stereocenters. The van der Waals surface area contributed by atoms with Crippen LogP contribution >= 0.6 is 0 Å². The molecule has 0 aliphatic heterocycles. The van der Waals surface area contributed by atoms with Gasteiger partial charge in [-0.05, 0) is 38.1 Å². The van der Waals surface area contributed by atoms with Gasteiger partial charge in [0.15, 0.2) is 0 Å². The van der Waals surface area contributed by atoms with Crippen LogP contribution in [0.3, 0.4) is 0 Å². The minimum Gasteiger partial charge on any atom is -0.492 e. The van der Waals surface area contributed by atoms with Crippen molar-refractivity contribution < 1.29 is 14.3 Å². The van der Waals surface area contributed by atoms with Gasteiger partial charge in [-0.3, -0.25) is 9.59 Å². The van der Waals surface area contributed by atoms with Crippen molar-refractivity contribution in [2.75, 3.05) is 37.4 Å². The summed E-state index contributed by atoms with van der Waals surface area (Å²) in [5.41, 5.74) is 2.58. The number of ether oxygens (including phenoxy) is 1. The summed E-state index contributed by atoms with van der Waals surface area (Å²) in [5, 5.41) is 5.84. The Labute approximate surface area is 154 Å². The molecule has 0 aromatic heterocycles. The first kappa shape index (κ1) is 19.3. The lowest BCUT2D eigenvalue weighted by Gasteiger charge is -2.18. The molecule has 0 radical (unpaired) electrons. The van der Waals surface area contributed by atoms with E-state index in [-0.39, 0.29) is 24.9 Å². The van der Waals surface area contributed by atoms with Gasteiger partial charge in [0.25, 0.3) is 0 Å². The standard InChI is InChI=1S/C20H25N3O3/c1-4-26-18-8-6-5-7-17(18)21-13-20(25)23(3)14-19(24)22-16-11-9-15(2)10-12-16/h5-12,21H,4,13-14H2,1-3H3,(H,22,24). The van der Waals surface area contributed by atoms with Crippen molar-refractivity contribution in [3.05, 3.63) is 54.1 Å². The molecular weight excluding hydrogens is 330 g/mol. The molecule has 2 aromatic rings. The van der Waals surface area contributed by atoms with Gasteiger partial charge in [-0.1, -0.05) is 29.8 Å². The second kappa shape index (κ2) is 9.46. The lowest BCUT2D eigenvalue weighted by atomic mass is 10.2. The third-order valence-electron chi connectivity index (χ3n) is 3.76. The van der Waals surface area contributed by atoms with Crippen LogP contribution in [0, 0.1) is 6.92 Å². The topological polar surface area (TPSA) is 70.7 Å². The summed E-state index contributed by atoms with van der Waals surface area (Å²) in [7, 11) is 1.60. The van der Waals surface area contributed by atoms with E-state index >= 15 is 0 Å². The van der Waals surface area contributed by atoms with Crippen molar-refractivity contribution in [3.63, 3.8) is 0 Å². The second-order valence-corrected chi connectivity index (χ2v) is 5.95. The van der Waals surface area contributed by atoms with Gasteiger partial charge >= 0.3 is 0 Å². The molecule has 2 amide bonds. The highest BCUT2D eigenvalue weighted by Gasteiger charge is 2.13. The van der Waals surface area contributed by atoms with Gasteiger partial charge in [0.05, 0.1) is 25.4 Å². The van der Waals surface area contributed by atoms with Gasteiger partial charge in [-0.15, -0.1) is 0 Å². The molecule has 0 unspecified atom stereocenters. The van der Waals surface area contributed by atoms with Gasteiger partial charge in [0, 0.05) is 12.7 Å². The fourth-order valence-electron chi connectivity index (χ4n) is 2.34. The molecule has 0 aliphatic rings. The summed E-state index contributed by atoms with van der Waals surface area (Å²) in [6, 6.07) is 14.9. The molecule has 0 bridgehead atoms. The van der Waals surface area contributed by atoms with Crippen LogP contribution in [0.2, 0.25) is 0 Å². The normalized spacial score (nSPS) is 10.1. The third-order valence-corrected chi connectivity index (χ3v) is 3.76. The average molecular weight is 355 g/mol. The largest absolute Gasteiger partial charge is 0.492 e. The maximum absolute atomic E-state index is 12.3. The average Bonchev–Trinajstić information content (AvgIpc) is 2.62. The number of aryl methyl sites for hydroxylation is 1. The van der Waals surface area contributed by atoms with E-state index in [1.807, 2.05) is 62.4 Å². The summed E-state index contributed by atoms with van der Waals surface area (Å²) in [6.45, 7) is 4.50. The van der Waals surface area contributed by atoms with E-state index < -0.39 is 0 Å². The van der Waals surface area contributed by atoms with Crippen LogP contribution in [0.25, 0.3) is 0 Å². The van der Waals surface area contributed by atoms with E-state index in [0.717, 1.165) is 11.3 Å². The van der Waals surface area contributed by atoms with E-state index in [2.05, 4.69) is 10.6 Å². The molecule has 2 N–H and O–H groups in total. The predicted molar refractivity (Wildman–Crippen MR) is 104 cm³/mol. The van der Waals surface area contributed by atoms with Crippen LogP contribution < -0.4 is 15.4 Å². The van der Waals surface area contributed by atoms with E-state index in [4.69, 9.17) is 4.74 Å². The Balaban J connectivity index is 1.83. The lowest BCUT2D eigenvalue weighted by molar-refractivity contribution is -0.131. The van der Waals surface area contributed by atoms with Crippen molar-refractivity contribution in [1.29, 1.82) is 0 Å². The van der Waals surface area contributed by atoms with Gasteiger partial charge < -0.3 is 20.3 Å². The van der Waals surface area contributed by atoms with E-state index in [9.17, 15) is 9.59 Å². The number of anilines is 2. The van der Waals surface area contributed by atoms with E-state index in [0.29, 0.717) is 18.0 Å². The van der Waals surface area contributed by atoms with Gasteiger partial charge in [-0.25, -0.2) is 0 Å². The van der Waals surface area contributed by atoms with Crippen LogP contribution in [0.4, 0.5) is 11.4 Å². The smallest absolute Gasteiger partial charge is 0.243 e. The Bertz CT molecular complexity index is 744. The molecule has 0 saturated carbocycles. The molecule has 2 aromatic carbocycles. The maximum Gasteiger partial charge on any atom is 0.243 e. The van der Waals surface area contributed by atoms with Crippen molar-refractivity contribution in [3.8, 4) is 5.75 Å². The number of carbonyl (C=O) groups excluding carboxylic acids is 2. The van der Waals surface area contributed by atoms with Crippen LogP contribution in [-0.2, 0) is 9.59 Å². The molecule has 138 valence electrons. The molecule has 0 fully saturated rings. The Morgan fingerprint density at radius 2 is 1.77 bits per heavy atom. The van der Waals surface area contributed by atoms with Crippen molar-refractivity contribution >= 4 is 23.2 Å². The molecule has 0 heterocycles. The van der Waals surface area contributed by atoms with Gasteiger partial charge in [0.1, 0.15) is 5.75 Å². The number of hydrogen-bond acceptors (Lipinski definition) is 4. The van der Waals surface area contributed by atoms with Crippen molar-refractivity contribution in [2.24, 2.45) is 0 Å². The highest BCUT2D eigenvalue weighted by molar-refractivity contribution is 5.95. The van der Waals surface area contributed by atoms with Crippen LogP contribution in [0.1, 0.15) is 12.5 Å². The minimum absolute atomic E-state index is 0.0124. The number of amides is 2. The number of nitrogens with zero attached hydrogens (tertiary/aromatic N) is 1. The zero-order valence-corrected chi connectivity index (χ0v) is 15.4. The summed E-state index contributed by atoms with van der Waals surface area (Å²) in [6.07, 6.45) is 0. The zero-order chi connectivity index (χ0) is 18.9. The SMILES string of the molecule is CCOc1ccccc1NCC(=O)N(C)CC(=O)Nc1ccc(C)cc1. The zero-order valence-electron chi connectivity index (χ0n) is 15.4. The molecule has 0 spiro atoms. The quantitative estimate of drug-likeness (QED) is 0.764. The minimum atomic E-state index is -0.237. The number of nitrogens with one attached hydrogen (secondary N) is 2. The summed E-state index contributed by atoms with van der Waals surface area (Å²) >= 11 is 0. The molecular formula is C20H25N3O3. The number of rotatable bonds is 8. The Morgan fingerprint density at radius 3 is 2.46 bits per heavy atom. The molecule has 6 nitrogen and oxygen atoms in total. The number of likely N-dealkylation sites (N-methyl/N-ethyl adjacent to an activating group) is 1. The number of benzene rings is 2. The lowest BCUT2D eigenvalue weighted by Crippen LogP contribution is -2.38. The Morgan fingerprint density at radius 1 is 1.08 bits per heavy atom. The number of para-hydroxylation sites is 2. The van der Waals surface area contributed by atoms with E-state index in [1.165, 1.54) is 4.90 Å². The van der Waals surface area contributed by atoms with Crippen LogP contribution in [0.5, 0.6) is 5.75 Å². The third kappa shape index (κ3) is 5.81. The Kier molecular flexibility index (Phi) is 7.02. The summed E-state index contributed by atoms with van der Waals surface area (Å²) in [5.74, 6) is 0.275. The number of carbonyl (C=O) groups is 2. The fraction of sp³-hybridized carbons (Fsp3) is 0.300. The highest BCUT2D eigenvalue weighted by Crippen LogP contribution is 2.23. The molecule has 0 aliphatic carbocycles.